The fraction of sp³-hybridized carbons (Fsp3) is 0.258. The van der Waals surface area contributed by atoms with Crippen LogP contribution in [0.1, 0.15) is 43.2 Å². The van der Waals surface area contributed by atoms with E-state index in [2.05, 4.69) is 10.5 Å². The van der Waals surface area contributed by atoms with E-state index in [0.717, 1.165) is 11.1 Å². The first kappa shape index (κ1) is 27.6. The SMILES string of the molecule is Cc1ccc(-c2noc(C[C@]3(NC(=O)OC(C)(C)C)C(=O)N(Cc4ccccc4)c4ccccc43)c2[N+](=O)[O-])cc1. The lowest BCUT2D eigenvalue weighted by atomic mass is 9.86. The van der Waals surface area contributed by atoms with Crippen molar-refractivity contribution in [1.29, 1.82) is 0 Å². The molecule has 10 nitrogen and oxygen atoms in total. The van der Waals surface area contributed by atoms with Crippen LogP contribution in [-0.2, 0) is 28.0 Å². The van der Waals surface area contributed by atoms with Gasteiger partial charge >= 0.3 is 11.8 Å². The van der Waals surface area contributed by atoms with Crippen LogP contribution in [0.4, 0.5) is 16.2 Å². The topological polar surface area (TPSA) is 128 Å². The number of hydrogen-bond donors (Lipinski definition) is 1. The average molecular weight is 555 g/mol. The Labute approximate surface area is 237 Å². The molecule has 3 aromatic carbocycles. The van der Waals surface area contributed by atoms with Gasteiger partial charge in [0.2, 0.25) is 5.76 Å². The van der Waals surface area contributed by atoms with E-state index in [1.807, 2.05) is 49.4 Å². The number of benzene rings is 3. The van der Waals surface area contributed by atoms with Crippen molar-refractivity contribution in [3.8, 4) is 11.3 Å². The standard InChI is InChI=1S/C31H30N4O6/c1-20-14-16-22(17-15-20)26-27(35(38)39)25(41-33-26)18-31(32-29(37)40-30(2,3)4)23-12-8-9-13-24(23)34(28(31)36)19-21-10-6-5-7-11-21/h5-17H,18-19H2,1-4H3,(H,32,37)/t31-/m1/s1. The molecule has 0 aliphatic carbocycles. The number of anilines is 1. The quantitative estimate of drug-likeness (QED) is 0.217. The monoisotopic (exact) mass is 554 g/mol. The minimum atomic E-state index is -1.76. The Morgan fingerprint density at radius 2 is 1.71 bits per heavy atom. The fourth-order valence-electron chi connectivity index (χ4n) is 5.03. The number of aryl methyl sites for hydroxylation is 1. The van der Waals surface area contributed by atoms with Crippen LogP contribution >= 0.6 is 0 Å². The van der Waals surface area contributed by atoms with Gasteiger partial charge in [-0.2, -0.15) is 0 Å². The highest BCUT2D eigenvalue weighted by atomic mass is 16.6. The molecule has 0 unspecified atom stereocenters. The Kier molecular flexibility index (Phi) is 7.08. The van der Waals surface area contributed by atoms with Gasteiger partial charge in [-0.15, -0.1) is 0 Å². The lowest BCUT2D eigenvalue weighted by Gasteiger charge is -2.30. The first-order valence-electron chi connectivity index (χ1n) is 13.1. The number of ether oxygens (including phenoxy) is 1. The first-order chi connectivity index (χ1) is 19.5. The normalized spacial score (nSPS) is 16.4. The third-order valence-corrected chi connectivity index (χ3v) is 6.83. The molecule has 10 heteroatoms. The molecule has 0 fully saturated rings. The highest BCUT2D eigenvalue weighted by molar-refractivity contribution is 6.09. The predicted molar refractivity (Wildman–Crippen MR) is 152 cm³/mol. The van der Waals surface area contributed by atoms with E-state index < -0.39 is 28.1 Å². The Hall–Kier alpha value is -4.99. The maximum absolute atomic E-state index is 14.4. The molecule has 2 amide bonds. The number of nitrogens with one attached hydrogen (secondary N) is 1. The second-order valence-corrected chi connectivity index (χ2v) is 11.0. The Balaban J connectivity index is 1.64. The lowest BCUT2D eigenvalue weighted by molar-refractivity contribution is -0.385. The van der Waals surface area contributed by atoms with E-state index in [-0.39, 0.29) is 30.1 Å². The summed E-state index contributed by atoms with van der Waals surface area (Å²) in [6.07, 6.45) is -1.20. The zero-order valence-corrected chi connectivity index (χ0v) is 23.2. The maximum Gasteiger partial charge on any atom is 0.408 e. The molecule has 4 aromatic rings. The van der Waals surface area contributed by atoms with E-state index in [0.29, 0.717) is 16.8 Å². The number of rotatable bonds is 7. The second kappa shape index (κ2) is 10.5. The molecule has 0 spiro atoms. The molecule has 5 rings (SSSR count). The molecule has 1 aromatic heterocycles. The summed E-state index contributed by atoms with van der Waals surface area (Å²) < 4.78 is 11.1. The highest BCUT2D eigenvalue weighted by Gasteiger charge is 2.54. The second-order valence-electron chi connectivity index (χ2n) is 11.0. The highest BCUT2D eigenvalue weighted by Crippen LogP contribution is 2.45. The zero-order chi connectivity index (χ0) is 29.4. The van der Waals surface area contributed by atoms with Crippen molar-refractivity contribution in [3.63, 3.8) is 0 Å². The number of fused-ring (bicyclic) bond motifs is 1. The first-order valence-corrected chi connectivity index (χ1v) is 13.1. The van der Waals surface area contributed by atoms with Crippen molar-refractivity contribution in [3.05, 3.63) is 111 Å². The van der Waals surface area contributed by atoms with Gasteiger partial charge in [-0.25, -0.2) is 4.79 Å². The van der Waals surface area contributed by atoms with Gasteiger partial charge in [-0.1, -0.05) is 83.5 Å². The summed E-state index contributed by atoms with van der Waals surface area (Å²) in [5.41, 5.74) is 0.435. The summed E-state index contributed by atoms with van der Waals surface area (Å²) in [5, 5.41) is 19.2. The molecule has 41 heavy (non-hydrogen) atoms. The number of aromatic nitrogens is 1. The number of nitrogens with zero attached hydrogens (tertiary/aromatic N) is 3. The molecular weight excluding hydrogens is 524 g/mol. The van der Waals surface area contributed by atoms with Gasteiger partial charge in [0.25, 0.3) is 5.91 Å². The van der Waals surface area contributed by atoms with Gasteiger partial charge in [0.15, 0.2) is 11.2 Å². The van der Waals surface area contributed by atoms with E-state index in [1.165, 1.54) is 0 Å². The summed E-state index contributed by atoms with van der Waals surface area (Å²) in [5.74, 6) is -0.623. The van der Waals surface area contributed by atoms with Gasteiger partial charge in [0.05, 0.1) is 23.6 Å². The van der Waals surface area contributed by atoms with Gasteiger partial charge < -0.3 is 19.5 Å². The summed E-state index contributed by atoms with van der Waals surface area (Å²) in [4.78, 5) is 41.0. The smallest absolute Gasteiger partial charge is 0.408 e. The molecule has 1 N–H and O–H groups in total. The van der Waals surface area contributed by atoms with Crippen molar-refractivity contribution in [2.24, 2.45) is 0 Å². The average Bonchev–Trinajstić information content (AvgIpc) is 3.42. The van der Waals surface area contributed by atoms with Crippen molar-refractivity contribution >= 4 is 23.4 Å². The van der Waals surface area contributed by atoms with Crippen LogP contribution < -0.4 is 10.2 Å². The maximum atomic E-state index is 14.4. The van der Waals surface area contributed by atoms with Crippen LogP contribution in [0.2, 0.25) is 0 Å². The number of carbonyl (C=O) groups excluding carboxylic acids is 2. The molecule has 0 radical (unpaired) electrons. The molecule has 210 valence electrons. The molecule has 2 heterocycles. The number of hydrogen-bond acceptors (Lipinski definition) is 7. The van der Waals surface area contributed by atoms with Crippen molar-refractivity contribution < 1.29 is 23.8 Å². The lowest BCUT2D eigenvalue weighted by Crippen LogP contribution is -2.55. The molecule has 0 saturated carbocycles. The summed E-state index contributed by atoms with van der Waals surface area (Å²) in [6.45, 7) is 7.26. The number of alkyl carbamates (subject to hydrolysis) is 1. The molecule has 0 bridgehead atoms. The minimum absolute atomic E-state index is 0.0392. The van der Waals surface area contributed by atoms with E-state index in [1.54, 1.807) is 62.1 Å². The third kappa shape index (κ3) is 5.41. The molecule has 1 aliphatic heterocycles. The van der Waals surface area contributed by atoms with Crippen LogP contribution in [0.15, 0.2) is 83.4 Å². The van der Waals surface area contributed by atoms with Crippen molar-refractivity contribution in [2.45, 2.75) is 51.8 Å². The number of carbonyl (C=O) groups is 2. The summed E-state index contributed by atoms with van der Waals surface area (Å²) >= 11 is 0. The minimum Gasteiger partial charge on any atom is -0.444 e. The van der Waals surface area contributed by atoms with Crippen LogP contribution in [0, 0.1) is 17.0 Å². The summed E-state index contributed by atoms with van der Waals surface area (Å²) in [6, 6.07) is 23.5. The Bertz CT molecular complexity index is 1610. The predicted octanol–water partition coefficient (Wildman–Crippen LogP) is 6.07. The van der Waals surface area contributed by atoms with Crippen LogP contribution in [0.3, 0.4) is 0 Å². The van der Waals surface area contributed by atoms with Crippen molar-refractivity contribution in [2.75, 3.05) is 4.90 Å². The largest absolute Gasteiger partial charge is 0.444 e. The fourth-order valence-corrected chi connectivity index (χ4v) is 5.03. The molecule has 0 saturated heterocycles. The van der Waals surface area contributed by atoms with Gasteiger partial charge in [-0.3, -0.25) is 14.9 Å². The van der Waals surface area contributed by atoms with Gasteiger partial charge in [0, 0.05) is 11.1 Å². The zero-order valence-electron chi connectivity index (χ0n) is 23.2. The van der Waals surface area contributed by atoms with Gasteiger partial charge in [0.1, 0.15) is 5.60 Å². The molecular formula is C31H30N4O6. The number of para-hydroxylation sites is 1. The van der Waals surface area contributed by atoms with Crippen molar-refractivity contribution in [1.82, 2.24) is 10.5 Å². The molecule has 1 aliphatic rings. The van der Waals surface area contributed by atoms with E-state index in [9.17, 15) is 19.7 Å². The van der Waals surface area contributed by atoms with Gasteiger partial charge in [-0.05, 0) is 39.3 Å². The van der Waals surface area contributed by atoms with E-state index in [4.69, 9.17) is 9.26 Å². The Morgan fingerprint density at radius 1 is 1.05 bits per heavy atom. The van der Waals surface area contributed by atoms with Crippen LogP contribution in [0.5, 0.6) is 0 Å². The summed E-state index contributed by atoms with van der Waals surface area (Å²) in [7, 11) is 0. The number of nitro groups is 1. The number of amides is 2. The Morgan fingerprint density at radius 3 is 2.37 bits per heavy atom. The third-order valence-electron chi connectivity index (χ3n) is 6.83. The van der Waals surface area contributed by atoms with Crippen LogP contribution in [0.25, 0.3) is 11.3 Å². The van der Waals surface area contributed by atoms with Crippen LogP contribution in [-0.4, -0.2) is 27.7 Å². The van der Waals surface area contributed by atoms with E-state index >= 15 is 0 Å². The molecule has 1 atom stereocenters.